The number of nitrogen functional groups attached to an aromatic ring is 1. The zero-order chi connectivity index (χ0) is 17.0. The summed E-state index contributed by atoms with van der Waals surface area (Å²) in [5.74, 6) is 2.48. The predicted molar refractivity (Wildman–Crippen MR) is 98.8 cm³/mol. The van der Waals surface area contributed by atoms with Gasteiger partial charge in [-0.25, -0.2) is 15.0 Å². The highest BCUT2D eigenvalue weighted by Crippen LogP contribution is 2.36. The van der Waals surface area contributed by atoms with E-state index in [0.717, 1.165) is 47.9 Å². The summed E-state index contributed by atoms with van der Waals surface area (Å²) in [6.07, 6.45) is 7.74. The number of fused-ring (bicyclic) bond motifs is 2. The number of nitrogens with zero attached hydrogens (tertiary/aromatic N) is 6. The molecule has 3 aromatic rings. The fraction of sp³-hybridized carbons (Fsp3) is 0.529. The van der Waals surface area contributed by atoms with E-state index < -0.39 is 0 Å². The fourth-order valence-corrected chi connectivity index (χ4v) is 4.92. The summed E-state index contributed by atoms with van der Waals surface area (Å²) < 4.78 is 1.86. The van der Waals surface area contributed by atoms with E-state index in [-0.39, 0.29) is 0 Å². The van der Waals surface area contributed by atoms with Crippen molar-refractivity contribution in [3.63, 3.8) is 0 Å². The van der Waals surface area contributed by atoms with Crippen LogP contribution in [0.5, 0.6) is 0 Å². The minimum atomic E-state index is 0.484. The first-order chi connectivity index (χ1) is 12.2. The van der Waals surface area contributed by atoms with Gasteiger partial charge in [0.05, 0.1) is 23.8 Å². The van der Waals surface area contributed by atoms with Gasteiger partial charge in [0.15, 0.2) is 10.8 Å². The molecular formula is C17H21N7S. The Labute approximate surface area is 149 Å². The molecular weight excluding hydrogens is 334 g/mol. The van der Waals surface area contributed by atoms with E-state index in [9.17, 15) is 0 Å². The van der Waals surface area contributed by atoms with E-state index >= 15 is 0 Å². The highest BCUT2D eigenvalue weighted by molar-refractivity contribution is 7.15. The normalized spacial score (nSPS) is 18.2. The van der Waals surface area contributed by atoms with Crippen LogP contribution in [0.15, 0.2) is 6.20 Å². The van der Waals surface area contributed by atoms with Crippen molar-refractivity contribution >= 4 is 33.3 Å². The van der Waals surface area contributed by atoms with Crippen LogP contribution in [0.3, 0.4) is 0 Å². The van der Waals surface area contributed by atoms with E-state index in [1.54, 1.807) is 11.3 Å². The second-order valence-electron chi connectivity index (χ2n) is 6.99. The van der Waals surface area contributed by atoms with Crippen molar-refractivity contribution in [1.29, 1.82) is 0 Å². The average Bonchev–Trinajstić information content (AvgIpc) is 3.33. The molecule has 1 aliphatic heterocycles. The van der Waals surface area contributed by atoms with Crippen LogP contribution >= 0.6 is 11.3 Å². The zero-order valence-corrected chi connectivity index (χ0v) is 15.1. The van der Waals surface area contributed by atoms with Crippen molar-refractivity contribution in [3.05, 3.63) is 22.6 Å². The number of hydrogen-bond donors (Lipinski definition) is 1. The molecule has 0 aromatic carbocycles. The quantitative estimate of drug-likeness (QED) is 0.760. The molecule has 0 amide bonds. The van der Waals surface area contributed by atoms with Crippen LogP contribution in [0.1, 0.15) is 48.0 Å². The molecule has 0 spiro atoms. The smallest absolute Gasteiger partial charge is 0.180 e. The van der Waals surface area contributed by atoms with Crippen molar-refractivity contribution < 1.29 is 0 Å². The van der Waals surface area contributed by atoms with Gasteiger partial charge in [-0.15, -0.1) is 11.3 Å². The van der Waals surface area contributed by atoms with E-state index in [0.29, 0.717) is 11.0 Å². The minimum Gasteiger partial charge on any atom is -0.375 e. The van der Waals surface area contributed by atoms with Crippen LogP contribution in [0, 0.1) is 0 Å². The molecule has 0 unspecified atom stereocenters. The lowest BCUT2D eigenvalue weighted by atomic mass is 10.1. The lowest BCUT2D eigenvalue weighted by molar-refractivity contribution is 0.656. The van der Waals surface area contributed by atoms with Crippen molar-refractivity contribution in [3.8, 4) is 0 Å². The highest BCUT2D eigenvalue weighted by Gasteiger charge is 2.27. The van der Waals surface area contributed by atoms with Gasteiger partial charge in [0.1, 0.15) is 11.6 Å². The number of rotatable bonds is 2. The van der Waals surface area contributed by atoms with Crippen molar-refractivity contribution in [1.82, 2.24) is 24.7 Å². The molecule has 0 radical (unpaired) electrons. The molecule has 8 heteroatoms. The summed E-state index contributed by atoms with van der Waals surface area (Å²) in [5, 5.41) is 6.12. The van der Waals surface area contributed by atoms with Crippen LogP contribution in [-0.2, 0) is 20.0 Å². The summed E-state index contributed by atoms with van der Waals surface area (Å²) in [6, 6.07) is 0. The Kier molecular flexibility index (Phi) is 3.41. The average molecular weight is 355 g/mol. The van der Waals surface area contributed by atoms with Gasteiger partial charge in [-0.3, -0.25) is 4.68 Å². The SMILES string of the molecule is Cn1ncc2c(N3CCc4nc(N)sc4C3)nc(C3CCCC3)nc21. The van der Waals surface area contributed by atoms with Gasteiger partial charge in [0.2, 0.25) is 0 Å². The molecule has 0 saturated heterocycles. The molecule has 2 aliphatic rings. The lowest BCUT2D eigenvalue weighted by Gasteiger charge is -2.28. The third-order valence-electron chi connectivity index (χ3n) is 5.36. The van der Waals surface area contributed by atoms with Gasteiger partial charge < -0.3 is 10.6 Å². The topological polar surface area (TPSA) is 85.8 Å². The van der Waals surface area contributed by atoms with Gasteiger partial charge in [-0.2, -0.15) is 5.10 Å². The highest BCUT2D eigenvalue weighted by atomic mass is 32.1. The summed E-state index contributed by atoms with van der Waals surface area (Å²) >= 11 is 1.59. The molecule has 130 valence electrons. The number of anilines is 2. The van der Waals surface area contributed by atoms with Crippen LogP contribution in [0.25, 0.3) is 11.0 Å². The molecule has 1 fully saturated rings. The molecule has 25 heavy (non-hydrogen) atoms. The summed E-state index contributed by atoms with van der Waals surface area (Å²) in [4.78, 5) is 17.9. The van der Waals surface area contributed by atoms with Gasteiger partial charge >= 0.3 is 0 Å². The Morgan fingerprint density at radius 1 is 1.20 bits per heavy atom. The number of hydrogen-bond acceptors (Lipinski definition) is 7. The van der Waals surface area contributed by atoms with Gasteiger partial charge in [-0.05, 0) is 12.8 Å². The van der Waals surface area contributed by atoms with E-state index in [1.165, 1.54) is 30.6 Å². The molecule has 3 aromatic heterocycles. The number of nitrogens with two attached hydrogens (primary N) is 1. The summed E-state index contributed by atoms with van der Waals surface area (Å²) in [6.45, 7) is 1.72. The van der Waals surface area contributed by atoms with E-state index in [4.69, 9.17) is 15.7 Å². The van der Waals surface area contributed by atoms with Crippen LogP contribution in [-0.4, -0.2) is 31.3 Å². The second kappa shape index (κ2) is 5.66. The molecule has 4 heterocycles. The van der Waals surface area contributed by atoms with Gasteiger partial charge in [-0.1, -0.05) is 12.8 Å². The van der Waals surface area contributed by atoms with Crippen molar-refractivity contribution in [2.75, 3.05) is 17.2 Å². The molecule has 5 rings (SSSR count). The standard InChI is InChI=1S/C17H21N7S/c1-23-15-11(8-19-23)16(22-14(21-15)10-4-2-3-5-10)24-7-6-12-13(9-24)25-17(18)20-12/h8,10H,2-7,9H2,1H3,(H2,18,20). The first-order valence-electron chi connectivity index (χ1n) is 8.87. The molecule has 0 atom stereocenters. The van der Waals surface area contributed by atoms with E-state index in [2.05, 4.69) is 15.0 Å². The third kappa shape index (κ3) is 2.47. The first-order valence-corrected chi connectivity index (χ1v) is 9.69. The maximum atomic E-state index is 5.89. The Morgan fingerprint density at radius 3 is 2.88 bits per heavy atom. The lowest BCUT2D eigenvalue weighted by Crippen LogP contribution is -2.31. The fourth-order valence-electron chi connectivity index (χ4n) is 4.03. The Bertz CT molecular complexity index is 938. The summed E-state index contributed by atoms with van der Waals surface area (Å²) in [7, 11) is 1.95. The first kappa shape index (κ1) is 15.1. The maximum Gasteiger partial charge on any atom is 0.180 e. The third-order valence-corrected chi connectivity index (χ3v) is 6.27. The predicted octanol–water partition coefficient (Wildman–Crippen LogP) is 2.62. The largest absolute Gasteiger partial charge is 0.375 e. The van der Waals surface area contributed by atoms with Crippen molar-refractivity contribution in [2.24, 2.45) is 7.05 Å². The Hall–Kier alpha value is -2.22. The van der Waals surface area contributed by atoms with Gasteiger partial charge in [0, 0.05) is 30.8 Å². The van der Waals surface area contributed by atoms with Crippen molar-refractivity contribution in [2.45, 2.75) is 44.6 Å². The maximum absolute atomic E-state index is 5.89. The second-order valence-corrected chi connectivity index (χ2v) is 8.10. The van der Waals surface area contributed by atoms with E-state index in [1.807, 2.05) is 17.9 Å². The Morgan fingerprint density at radius 2 is 2.04 bits per heavy atom. The Balaban J connectivity index is 1.60. The minimum absolute atomic E-state index is 0.484. The molecule has 7 nitrogen and oxygen atoms in total. The number of thiazole rings is 1. The van der Waals surface area contributed by atoms with Gasteiger partial charge in [0.25, 0.3) is 0 Å². The molecule has 0 bridgehead atoms. The van der Waals surface area contributed by atoms with Crippen LogP contribution < -0.4 is 10.6 Å². The zero-order valence-electron chi connectivity index (χ0n) is 14.3. The molecule has 1 saturated carbocycles. The molecule has 2 N–H and O–H groups in total. The monoisotopic (exact) mass is 355 g/mol. The van der Waals surface area contributed by atoms with Crippen LogP contribution in [0.2, 0.25) is 0 Å². The number of aromatic nitrogens is 5. The molecule has 1 aliphatic carbocycles. The van der Waals surface area contributed by atoms with Crippen LogP contribution in [0.4, 0.5) is 10.9 Å². The number of aryl methyl sites for hydroxylation is 1. The summed E-state index contributed by atoms with van der Waals surface area (Å²) in [5.41, 5.74) is 7.97.